The van der Waals surface area contributed by atoms with Crippen LogP contribution in [0.25, 0.3) is 0 Å². The van der Waals surface area contributed by atoms with Gasteiger partial charge in [-0.05, 0) is 43.5 Å². The van der Waals surface area contributed by atoms with Crippen LogP contribution in [0.5, 0.6) is 0 Å². The smallest absolute Gasteiger partial charge is 0.161 e. The van der Waals surface area contributed by atoms with Crippen molar-refractivity contribution in [1.82, 2.24) is 4.98 Å². The molecule has 0 bridgehead atoms. The summed E-state index contributed by atoms with van der Waals surface area (Å²) in [6, 6.07) is 14.0. The second kappa shape index (κ2) is 6.73. The van der Waals surface area contributed by atoms with E-state index in [0.29, 0.717) is 23.4 Å². The van der Waals surface area contributed by atoms with Crippen LogP contribution < -0.4 is 10.6 Å². The van der Waals surface area contributed by atoms with Gasteiger partial charge in [0.1, 0.15) is 5.82 Å². The Morgan fingerprint density at radius 1 is 1.22 bits per heavy atom. The molecule has 1 aromatic heterocycles. The number of hydrogen-bond donors (Lipinski definition) is 1. The zero-order chi connectivity index (χ0) is 19.0. The summed E-state index contributed by atoms with van der Waals surface area (Å²) in [7, 11) is 0. The molecule has 4 rings (SSSR count). The van der Waals surface area contributed by atoms with E-state index in [4.69, 9.17) is 5.73 Å². The van der Waals surface area contributed by atoms with E-state index < -0.39 is 5.92 Å². The van der Waals surface area contributed by atoms with Gasteiger partial charge >= 0.3 is 0 Å². The highest BCUT2D eigenvalue weighted by molar-refractivity contribution is 6.01. The first kappa shape index (κ1) is 17.0. The Hall–Kier alpha value is -3.39. The number of rotatable bonds is 2. The van der Waals surface area contributed by atoms with E-state index in [2.05, 4.69) is 11.1 Å². The fourth-order valence-electron chi connectivity index (χ4n) is 3.96. The predicted molar refractivity (Wildman–Crippen MR) is 103 cm³/mol. The van der Waals surface area contributed by atoms with Crippen molar-refractivity contribution in [2.24, 2.45) is 5.73 Å². The van der Waals surface area contributed by atoms with E-state index >= 15 is 0 Å². The molecule has 1 aliphatic heterocycles. The van der Waals surface area contributed by atoms with Crippen LogP contribution in [0.15, 0.2) is 71.5 Å². The van der Waals surface area contributed by atoms with Crippen molar-refractivity contribution in [3.8, 4) is 6.07 Å². The molecule has 2 N–H and O–H groups in total. The SMILES string of the molecule is Cc1ccc(N2C(N)=C(C#N)[C@H](c3cccnc3)C3=C2CCCC3=O)cc1. The zero-order valence-electron chi connectivity index (χ0n) is 15.1. The number of hydrogen-bond acceptors (Lipinski definition) is 5. The molecule has 27 heavy (non-hydrogen) atoms. The second-order valence-corrected chi connectivity index (χ2v) is 6.94. The summed E-state index contributed by atoms with van der Waals surface area (Å²) in [6.07, 6.45) is 5.43. The molecule has 0 spiro atoms. The van der Waals surface area contributed by atoms with Gasteiger partial charge in [-0.15, -0.1) is 0 Å². The van der Waals surface area contributed by atoms with Crippen LogP contribution >= 0.6 is 0 Å². The summed E-state index contributed by atoms with van der Waals surface area (Å²) in [4.78, 5) is 19.0. The van der Waals surface area contributed by atoms with Gasteiger partial charge < -0.3 is 5.73 Å². The highest BCUT2D eigenvalue weighted by Crippen LogP contribution is 2.45. The molecule has 134 valence electrons. The number of ketones is 1. The number of aryl methyl sites for hydroxylation is 1. The molecular weight excluding hydrogens is 336 g/mol. The average Bonchev–Trinajstić information content (AvgIpc) is 2.69. The molecule has 1 atom stereocenters. The number of benzene rings is 1. The lowest BCUT2D eigenvalue weighted by Gasteiger charge is -2.39. The Kier molecular flexibility index (Phi) is 4.25. The van der Waals surface area contributed by atoms with E-state index in [-0.39, 0.29) is 5.78 Å². The van der Waals surface area contributed by atoms with Gasteiger partial charge in [-0.25, -0.2) is 0 Å². The number of Topliss-reactive ketones (excluding diaryl/α,β-unsaturated/α-hetero) is 1. The number of carbonyl (C=O) groups is 1. The van der Waals surface area contributed by atoms with Crippen molar-refractivity contribution in [2.45, 2.75) is 32.1 Å². The third-order valence-electron chi connectivity index (χ3n) is 5.22. The standard InChI is InChI=1S/C22H20N4O/c1-14-7-9-16(10-8-14)26-18-5-2-6-19(27)21(18)20(17(12-23)22(26)24)15-4-3-11-25-13-15/h3-4,7-11,13,20H,2,5-6,24H2,1H3/t20-/m0/s1. The molecule has 5 nitrogen and oxygen atoms in total. The molecule has 2 heterocycles. The van der Waals surface area contributed by atoms with E-state index in [9.17, 15) is 10.1 Å². The highest BCUT2D eigenvalue weighted by Gasteiger charge is 2.40. The maximum Gasteiger partial charge on any atom is 0.161 e. The molecule has 5 heteroatoms. The van der Waals surface area contributed by atoms with Crippen LogP contribution in [0.4, 0.5) is 5.69 Å². The van der Waals surface area contributed by atoms with Crippen molar-refractivity contribution in [3.05, 3.63) is 82.6 Å². The minimum Gasteiger partial charge on any atom is -0.384 e. The van der Waals surface area contributed by atoms with Gasteiger partial charge in [0.25, 0.3) is 0 Å². The van der Waals surface area contributed by atoms with Crippen LogP contribution in [0.2, 0.25) is 0 Å². The van der Waals surface area contributed by atoms with Gasteiger partial charge in [-0.3, -0.25) is 14.7 Å². The maximum absolute atomic E-state index is 12.9. The van der Waals surface area contributed by atoms with Gasteiger partial charge in [-0.1, -0.05) is 23.8 Å². The summed E-state index contributed by atoms with van der Waals surface area (Å²) in [5.41, 5.74) is 11.3. The van der Waals surface area contributed by atoms with E-state index in [1.807, 2.05) is 48.2 Å². The Morgan fingerprint density at radius 2 is 2.00 bits per heavy atom. The maximum atomic E-state index is 12.9. The topological polar surface area (TPSA) is 83.0 Å². The molecule has 0 amide bonds. The monoisotopic (exact) mass is 356 g/mol. The van der Waals surface area contributed by atoms with Crippen molar-refractivity contribution < 1.29 is 4.79 Å². The van der Waals surface area contributed by atoms with Crippen LogP contribution in [0.1, 0.15) is 36.3 Å². The van der Waals surface area contributed by atoms with Crippen molar-refractivity contribution in [1.29, 1.82) is 5.26 Å². The van der Waals surface area contributed by atoms with Crippen LogP contribution in [-0.4, -0.2) is 10.8 Å². The number of carbonyl (C=O) groups excluding carboxylic acids is 1. The van der Waals surface area contributed by atoms with Gasteiger partial charge in [0, 0.05) is 35.8 Å². The van der Waals surface area contributed by atoms with Crippen molar-refractivity contribution in [3.63, 3.8) is 0 Å². The Morgan fingerprint density at radius 3 is 2.67 bits per heavy atom. The number of nitrogens with zero attached hydrogens (tertiary/aromatic N) is 3. The summed E-state index contributed by atoms with van der Waals surface area (Å²) in [6.45, 7) is 2.02. The zero-order valence-corrected chi connectivity index (χ0v) is 15.1. The third-order valence-corrected chi connectivity index (χ3v) is 5.22. The molecule has 0 saturated heterocycles. The molecule has 1 aromatic carbocycles. The number of allylic oxidation sites excluding steroid dienone is 3. The van der Waals surface area contributed by atoms with Gasteiger partial charge in [0.2, 0.25) is 0 Å². The molecule has 0 unspecified atom stereocenters. The van der Waals surface area contributed by atoms with E-state index in [1.54, 1.807) is 12.4 Å². The average molecular weight is 356 g/mol. The second-order valence-electron chi connectivity index (χ2n) is 6.94. The first-order chi connectivity index (χ1) is 13.1. The summed E-state index contributed by atoms with van der Waals surface area (Å²) in [5.74, 6) is 0.0271. The molecule has 0 saturated carbocycles. The fraction of sp³-hybridized carbons (Fsp3) is 0.227. The summed E-state index contributed by atoms with van der Waals surface area (Å²) in [5, 5.41) is 9.91. The molecule has 1 aliphatic carbocycles. The van der Waals surface area contributed by atoms with Gasteiger partial charge in [-0.2, -0.15) is 5.26 Å². The number of pyridine rings is 1. The number of nitriles is 1. The van der Waals surface area contributed by atoms with E-state index in [0.717, 1.165) is 35.4 Å². The third kappa shape index (κ3) is 2.80. The Labute approximate surface area is 158 Å². The summed E-state index contributed by atoms with van der Waals surface area (Å²) < 4.78 is 0. The highest BCUT2D eigenvalue weighted by atomic mass is 16.1. The molecule has 0 fully saturated rings. The van der Waals surface area contributed by atoms with Gasteiger partial charge in [0.15, 0.2) is 5.78 Å². The Balaban J connectivity index is 1.96. The number of aromatic nitrogens is 1. The van der Waals surface area contributed by atoms with Crippen molar-refractivity contribution in [2.75, 3.05) is 4.90 Å². The minimum absolute atomic E-state index is 0.0856. The lowest BCUT2D eigenvalue weighted by Crippen LogP contribution is -2.38. The first-order valence-electron chi connectivity index (χ1n) is 9.04. The summed E-state index contributed by atoms with van der Waals surface area (Å²) >= 11 is 0. The molecule has 2 aliphatic rings. The normalized spacial score (nSPS) is 19.8. The van der Waals surface area contributed by atoms with Crippen molar-refractivity contribution >= 4 is 11.5 Å². The quantitative estimate of drug-likeness (QED) is 0.887. The lowest BCUT2D eigenvalue weighted by molar-refractivity contribution is -0.116. The Bertz CT molecular complexity index is 997. The number of anilines is 1. The fourth-order valence-corrected chi connectivity index (χ4v) is 3.96. The molecule has 2 aromatic rings. The largest absolute Gasteiger partial charge is 0.384 e. The molecule has 0 radical (unpaired) electrons. The minimum atomic E-state index is -0.451. The van der Waals surface area contributed by atoms with Crippen LogP contribution in [0, 0.1) is 18.3 Å². The van der Waals surface area contributed by atoms with E-state index in [1.165, 1.54) is 0 Å². The lowest BCUT2D eigenvalue weighted by atomic mass is 9.76. The molecular formula is C22H20N4O. The number of nitrogens with two attached hydrogens (primary N) is 1. The first-order valence-corrected chi connectivity index (χ1v) is 9.04. The van der Waals surface area contributed by atoms with Gasteiger partial charge in [0.05, 0.1) is 17.6 Å². The predicted octanol–water partition coefficient (Wildman–Crippen LogP) is 3.69. The van der Waals surface area contributed by atoms with Crippen LogP contribution in [-0.2, 0) is 4.79 Å². The van der Waals surface area contributed by atoms with Crippen LogP contribution in [0.3, 0.4) is 0 Å².